The van der Waals surface area contributed by atoms with Crippen LogP contribution in [0.4, 0.5) is 58.7 Å². The van der Waals surface area contributed by atoms with E-state index in [1.165, 1.54) is 51.6 Å². The van der Waals surface area contributed by atoms with Crippen LogP contribution in [0.2, 0.25) is 0 Å². The molecule has 20 aromatic rings. The third-order valence-corrected chi connectivity index (χ3v) is 21.6. The van der Waals surface area contributed by atoms with Crippen LogP contribution in [0.5, 0.6) is 5.75 Å². The van der Waals surface area contributed by atoms with E-state index in [1.54, 1.807) is 6.07 Å². The maximum absolute atomic E-state index is 12.7. The molecule has 0 saturated heterocycles. The number of hydrogen-bond donors (Lipinski definition) is 1. The quantitative estimate of drug-likeness (QED) is 0.105. The normalized spacial score (nSPS) is 12.0. The van der Waals surface area contributed by atoms with Gasteiger partial charge in [0.05, 0.1) is 0 Å². The third-order valence-electron chi connectivity index (χ3n) is 20.6. The zero-order valence-electron chi connectivity index (χ0n) is 61.0. The molecule has 10 nitrogen and oxygen atoms in total. The molecule has 0 amide bonds. The number of hydrogen-bond acceptors (Lipinski definition) is 10. The molecular formula is C96H70F3N3O7S. The highest BCUT2D eigenvalue weighted by atomic mass is 32.2. The first kappa shape index (κ1) is 68.5. The highest BCUT2D eigenvalue weighted by Gasteiger charge is 2.48. The van der Waals surface area contributed by atoms with Gasteiger partial charge in [0, 0.05) is 88.6 Å². The SMILES string of the molecule is Cc1ccc(N(c2ccc(C)cc2)c2ccc3cc4c(cc3c2)oc2c4ccc3c4cc5ccc(N(c6ccc(C)cc6)c6ccc(C)cc6)cc5cc4oc32)cc1.Cc1ccc(Nc2ccc(C)cc2)cc1.Cc1ccc2cc3c(cc2c1)oc1c3ccc2c3cc4ccc(OS(=O)(=O)C(F)(F)F)cc4cc3oc21. The van der Waals surface area contributed by atoms with Crippen LogP contribution < -0.4 is 19.3 Å². The summed E-state index contributed by atoms with van der Waals surface area (Å²) in [5.41, 5.74) is 17.6. The van der Waals surface area contributed by atoms with Gasteiger partial charge in [0.2, 0.25) is 0 Å². The summed E-state index contributed by atoms with van der Waals surface area (Å²) < 4.78 is 91.2. The molecule has 0 aliphatic heterocycles. The third kappa shape index (κ3) is 12.8. The minimum atomic E-state index is -5.77. The fourth-order valence-corrected chi connectivity index (χ4v) is 15.2. The second-order valence-corrected chi connectivity index (χ2v) is 30.3. The predicted molar refractivity (Wildman–Crippen MR) is 446 cm³/mol. The number of furan rings is 4. The summed E-state index contributed by atoms with van der Waals surface area (Å²) in [5.74, 6) is -0.442. The standard InChI is InChI=1S/C54H40N2O2.C28H15F3O5S.C14H15N/c1-33-5-15-41(16-6-33)55(42-17-7-34(2)8-18-42)45-23-13-37-29-49-47-25-26-48-50-30-38-14-24-46(56(43-19-9-35(3)10-20-43)44-21-11-36(4)12-22-44)28-40(38)32-52(50)58-54(48)53(47)57-51(49)31-39(37)27-45;1-14-2-3-15-10-22-20-6-7-21-23-11-16-4-5-19(36-37(32,33)28(29,30)31)9-18(16)13-25(23)35-27(21)26(20)34-24(22)12-17(15)8-14;1-11-3-7-13(8-4-11)15-14-9-5-12(2)6-10-14/h5-32H,1-4H3;2-13H,1H3;3-10,15H,1-2H3. The molecule has 0 saturated carbocycles. The number of fused-ring (bicyclic) bond motifs is 18. The largest absolute Gasteiger partial charge is 0.534 e. The Kier molecular flexibility index (Phi) is 16.7. The van der Waals surface area contributed by atoms with E-state index in [9.17, 15) is 21.6 Å². The Morgan fingerprint density at radius 1 is 0.273 bits per heavy atom. The van der Waals surface area contributed by atoms with Crippen molar-refractivity contribution in [3.8, 4) is 5.75 Å². The van der Waals surface area contributed by atoms with Gasteiger partial charge >= 0.3 is 15.6 Å². The smallest absolute Gasteiger partial charge is 0.452 e. The van der Waals surface area contributed by atoms with E-state index >= 15 is 0 Å². The molecule has 4 heterocycles. The van der Waals surface area contributed by atoms with E-state index in [-0.39, 0.29) is 0 Å². The average Bonchev–Trinajstić information content (AvgIpc) is 1.58. The van der Waals surface area contributed by atoms with Gasteiger partial charge in [0.25, 0.3) is 0 Å². The van der Waals surface area contributed by atoms with E-state index in [2.05, 4.69) is 303 Å². The van der Waals surface area contributed by atoms with Crippen LogP contribution in [-0.4, -0.2) is 13.9 Å². The number of nitrogens with zero attached hydrogens (tertiary/aromatic N) is 2. The molecule has 0 aliphatic carbocycles. The Balaban J connectivity index is 0.000000138. The average molecular weight is 1470 g/mol. The summed E-state index contributed by atoms with van der Waals surface area (Å²) in [7, 11) is -5.77. The predicted octanol–water partition coefficient (Wildman–Crippen LogP) is 28.3. The molecule has 0 aliphatic rings. The van der Waals surface area contributed by atoms with Gasteiger partial charge in [0.15, 0.2) is 22.3 Å². The molecule has 0 unspecified atom stereocenters. The van der Waals surface area contributed by atoms with E-state index in [0.29, 0.717) is 27.5 Å². The van der Waals surface area contributed by atoms with Gasteiger partial charge in [-0.1, -0.05) is 148 Å². The fraction of sp³-hybridized carbons (Fsp3) is 0.0833. The molecule has 0 radical (unpaired) electrons. The van der Waals surface area contributed by atoms with Crippen molar-refractivity contribution >= 4 is 186 Å². The summed E-state index contributed by atoms with van der Waals surface area (Å²) in [4.78, 5) is 4.63. The monoisotopic (exact) mass is 1470 g/mol. The van der Waals surface area contributed by atoms with Crippen molar-refractivity contribution in [2.45, 2.75) is 54.0 Å². The summed E-state index contributed by atoms with van der Waals surface area (Å²) in [6.45, 7) is 14.7. The summed E-state index contributed by atoms with van der Waals surface area (Å²) in [6.07, 6.45) is 0. The van der Waals surface area contributed by atoms with Gasteiger partial charge < -0.3 is 37.0 Å². The molecular weight excluding hydrogens is 1400 g/mol. The highest BCUT2D eigenvalue weighted by molar-refractivity contribution is 7.88. The van der Waals surface area contributed by atoms with Crippen LogP contribution in [-0.2, 0) is 10.1 Å². The summed E-state index contributed by atoms with van der Waals surface area (Å²) >= 11 is 0. The van der Waals surface area contributed by atoms with Crippen molar-refractivity contribution in [1.29, 1.82) is 0 Å². The van der Waals surface area contributed by atoms with Gasteiger partial charge in [0.1, 0.15) is 28.1 Å². The topological polar surface area (TPSA) is 114 Å². The number of benzene rings is 16. The lowest BCUT2D eigenvalue weighted by molar-refractivity contribution is -0.0500. The Morgan fingerprint density at radius 3 is 0.855 bits per heavy atom. The van der Waals surface area contributed by atoms with Crippen molar-refractivity contribution in [2.24, 2.45) is 0 Å². The Hall–Kier alpha value is -13.3. The van der Waals surface area contributed by atoms with Crippen molar-refractivity contribution in [2.75, 3.05) is 15.1 Å². The van der Waals surface area contributed by atoms with Crippen molar-refractivity contribution in [1.82, 2.24) is 0 Å². The first-order chi connectivity index (χ1) is 53.1. The van der Waals surface area contributed by atoms with Crippen molar-refractivity contribution in [3.63, 3.8) is 0 Å². The molecule has 0 atom stereocenters. The van der Waals surface area contributed by atoms with E-state index in [1.807, 2.05) is 31.2 Å². The van der Waals surface area contributed by atoms with E-state index in [0.717, 1.165) is 154 Å². The van der Waals surface area contributed by atoms with Gasteiger partial charge in [-0.25, -0.2) is 0 Å². The van der Waals surface area contributed by atoms with Crippen LogP contribution >= 0.6 is 0 Å². The first-order valence-electron chi connectivity index (χ1n) is 36.3. The number of rotatable bonds is 10. The van der Waals surface area contributed by atoms with Crippen LogP contribution in [0.1, 0.15) is 38.9 Å². The first-order valence-corrected chi connectivity index (χ1v) is 37.7. The Morgan fingerprint density at radius 2 is 0.536 bits per heavy atom. The second-order valence-electron chi connectivity index (χ2n) is 28.7. The van der Waals surface area contributed by atoms with Gasteiger partial charge in [-0.3, -0.25) is 0 Å². The van der Waals surface area contributed by atoms with Gasteiger partial charge in [-0.15, -0.1) is 0 Å². The number of halogens is 3. The molecule has 1 N–H and O–H groups in total. The van der Waals surface area contributed by atoms with Crippen LogP contribution in [0.3, 0.4) is 0 Å². The summed E-state index contributed by atoms with van der Waals surface area (Å²) in [5, 5.41) is 18.9. The number of anilines is 8. The fourth-order valence-electron chi connectivity index (χ4n) is 14.8. The zero-order chi connectivity index (χ0) is 75.4. The van der Waals surface area contributed by atoms with E-state index < -0.39 is 21.4 Å². The molecule has 0 fully saturated rings. The molecule has 16 aromatic carbocycles. The molecule has 110 heavy (non-hydrogen) atoms. The Bertz CT molecular complexity index is 6790. The van der Waals surface area contributed by atoms with Gasteiger partial charge in [-0.2, -0.15) is 21.6 Å². The second kappa shape index (κ2) is 26.9. The van der Waals surface area contributed by atoms with Gasteiger partial charge in [-0.05, 0) is 274 Å². The van der Waals surface area contributed by atoms with E-state index in [4.69, 9.17) is 17.7 Å². The molecule has 538 valence electrons. The lowest BCUT2D eigenvalue weighted by Crippen LogP contribution is -2.28. The van der Waals surface area contributed by atoms with Crippen molar-refractivity contribution < 1.29 is 43.4 Å². The zero-order valence-corrected chi connectivity index (χ0v) is 61.8. The highest BCUT2D eigenvalue weighted by Crippen LogP contribution is 2.46. The number of nitrogens with one attached hydrogen (secondary N) is 1. The lowest BCUT2D eigenvalue weighted by atomic mass is 10.0. The van der Waals surface area contributed by atoms with Crippen LogP contribution in [0.15, 0.2) is 309 Å². The minimum Gasteiger partial charge on any atom is -0.452 e. The van der Waals surface area contributed by atoms with Crippen LogP contribution in [0.25, 0.3) is 131 Å². The number of alkyl halides is 3. The minimum absolute atomic E-state index is 0.442. The lowest BCUT2D eigenvalue weighted by Gasteiger charge is -2.26. The number of aryl methyl sites for hydroxylation is 7. The molecule has 0 bridgehead atoms. The molecule has 14 heteroatoms. The maximum atomic E-state index is 12.7. The molecule has 20 rings (SSSR count). The molecule has 0 spiro atoms. The van der Waals surface area contributed by atoms with Crippen molar-refractivity contribution in [3.05, 3.63) is 330 Å². The molecule has 4 aromatic heterocycles. The maximum Gasteiger partial charge on any atom is 0.534 e. The van der Waals surface area contributed by atoms with Crippen LogP contribution in [0, 0.1) is 48.5 Å². The Labute approximate surface area is 631 Å². The summed E-state index contributed by atoms with van der Waals surface area (Å²) in [6, 6.07) is 99.9.